The number of carbonyl (C=O) groups excluding carboxylic acids is 1. The Hall–Kier alpha value is -2.92. The molecule has 1 aromatic heterocycles. The summed E-state index contributed by atoms with van der Waals surface area (Å²) < 4.78 is 0. The van der Waals surface area contributed by atoms with Gasteiger partial charge >= 0.3 is 0 Å². The molecule has 0 unspecified atom stereocenters. The van der Waals surface area contributed by atoms with E-state index in [9.17, 15) is 4.79 Å². The van der Waals surface area contributed by atoms with Crippen molar-refractivity contribution in [3.63, 3.8) is 0 Å². The van der Waals surface area contributed by atoms with Crippen molar-refractivity contribution in [1.82, 2.24) is 9.88 Å². The minimum atomic E-state index is -0.268. The zero-order valence-corrected chi connectivity index (χ0v) is 20.4. The lowest BCUT2D eigenvalue weighted by Gasteiger charge is -2.39. The van der Waals surface area contributed by atoms with Crippen LogP contribution in [-0.2, 0) is 11.8 Å². The van der Waals surface area contributed by atoms with Gasteiger partial charge in [-0.1, -0.05) is 32.1 Å². The van der Waals surface area contributed by atoms with Crippen LogP contribution in [0.15, 0.2) is 40.9 Å². The number of rotatable bonds is 3. The standard InChI is InChI=1S/C28H34N4O/c1-18(2)31-11-13-32(14-12-31)20-9-10-23-22(16-20)26(33)25-21-8-6-7-19(17-29-5)15-24(21)30-27(25)28(23,3)4/h6-7,9-10,15-18,30H,8,11-14H2,1-5H3. The molecule has 2 aromatic rings. The van der Waals surface area contributed by atoms with E-state index in [-0.39, 0.29) is 11.2 Å². The monoisotopic (exact) mass is 442 g/mol. The van der Waals surface area contributed by atoms with Gasteiger partial charge in [0.25, 0.3) is 0 Å². The van der Waals surface area contributed by atoms with Gasteiger partial charge in [0.1, 0.15) is 0 Å². The zero-order valence-electron chi connectivity index (χ0n) is 20.4. The summed E-state index contributed by atoms with van der Waals surface area (Å²) in [4.78, 5) is 26.6. The average molecular weight is 443 g/mol. The van der Waals surface area contributed by atoms with Crippen LogP contribution in [0.25, 0.3) is 6.08 Å². The molecule has 5 heteroatoms. The Morgan fingerprint density at radius 2 is 1.91 bits per heavy atom. The van der Waals surface area contributed by atoms with Crippen molar-refractivity contribution in [2.24, 2.45) is 4.99 Å². The number of nitrogens with zero attached hydrogens (tertiary/aromatic N) is 3. The number of ketones is 1. The van der Waals surface area contributed by atoms with Gasteiger partial charge in [-0.2, -0.15) is 0 Å². The predicted octanol–water partition coefficient (Wildman–Crippen LogP) is 4.61. The summed E-state index contributed by atoms with van der Waals surface area (Å²) in [5, 5.41) is 0. The molecule has 0 radical (unpaired) electrons. The van der Waals surface area contributed by atoms with Gasteiger partial charge in [-0.3, -0.25) is 14.7 Å². The number of allylic oxidation sites excluding steroid dienone is 3. The van der Waals surface area contributed by atoms with Gasteiger partial charge in [0, 0.05) is 79.1 Å². The fraction of sp³-hybridized carbons (Fsp3) is 0.429. The number of aromatic nitrogens is 1. The fourth-order valence-electron chi connectivity index (χ4n) is 5.60. The van der Waals surface area contributed by atoms with Crippen LogP contribution in [0.3, 0.4) is 0 Å². The smallest absolute Gasteiger partial charge is 0.195 e. The van der Waals surface area contributed by atoms with E-state index in [0.717, 1.165) is 77.5 Å². The molecule has 2 heterocycles. The number of H-pyrrole nitrogens is 1. The normalized spacial score (nSPS) is 20.0. The summed E-state index contributed by atoms with van der Waals surface area (Å²) in [6.45, 7) is 13.1. The Morgan fingerprint density at radius 1 is 1.15 bits per heavy atom. The molecule has 1 fully saturated rings. The fourth-order valence-corrected chi connectivity index (χ4v) is 5.60. The summed E-state index contributed by atoms with van der Waals surface area (Å²) in [5.74, 6) is 0.147. The molecule has 33 heavy (non-hydrogen) atoms. The molecule has 0 bridgehead atoms. The highest BCUT2D eigenvalue weighted by Crippen LogP contribution is 2.44. The second-order valence-corrected chi connectivity index (χ2v) is 10.2. The number of hydrogen-bond acceptors (Lipinski definition) is 4. The second-order valence-electron chi connectivity index (χ2n) is 10.2. The third-order valence-electron chi connectivity index (χ3n) is 7.54. The van der Waals surface area contributed by atoms with E-state index < -0.39 is 0 Å². The summed E-state index contributed by atoms with van der Waals surface area (Å²) >= 11 is 0. The molecule has 0 atom stereocenters. The molecular weight excluding hydrogens is 408 g/mol. The van der Waals surface area contributed by atoms with Crippen LogP contribution >= 0.6 is 0 Å². The van der Waals surface area contributed by atoms with E-state index in [2.05, 4.69) is 83.9 Å². The highest BCUT2D eigenvalue weighted by molar-refractivity contribution is 6.15. The molecule has 0 amide bonds. The van der Waals surface area contributed by atoms with E-state index in [4.69, 9.17) is 0 Å². The Morgan fingerprint density at radius 3 is 2.61 bits per heavy atom. The molecule has 0 spiro atoms. The van der Waals surface area contributed by atoms with E-state index >= 15 is 0 Å². The molecule has 1 saturated heterocycles. The average Bonchev–Trinajstić information content (AvgIpc) is 3.05. The highest BCUT2D eigenvalue weighted by atomic mass is 16.1. The maximum atomic E-state index is 13.9. The molecule has 2 aliphatic carbocycles. The van der Waals surface area contributed by atoms with Crippen molar-refractivity contribution >= 4 is 23.8 Å². The van der Waals surface area contributed by atoms with Gasteiger partial charge in [0.05, 0.1) is 0 Å². The van der Waals surface area contributed by atoms with Crippen molar-refractivity contribution in [3.8, 4) is 0 Å². The van der Waals surface area contributed by atoms with Crippen LogP contribution in [0.1, 0.15) is 66.1 Å². The molecule has 5 nitrogen and oxygen atoms in total. The number of nitrogens with one attached hydrogen (secondary N) is 1. The number of aliphatic imine (C=N–C) groups is 1. The number of benzene rings is 1. The minimum Gasteiger partial charge on any atom is -0.369 e. The van der Waals surface area contributed by atoms with Crippen LogP contribution in [0.5, 0.6) is 0 Å². The lowest BCUT2D eigenvalue weighted by Crippen LogP contribution is -2.49. The Labute approximate surface area is 196 Å². The largest absolute Gasteiger partial charge is 0.369 e. The van der Waals surface area contributed by atoms with E-state index in [1.54, 1.807) is 7.05 Å². The molecule has 172 valence electrons. The molecule has 1 aromatic carbocycles. The summed E-state index contributed by atoms with van der Waals surface area (Å²) in [5.41, 5.74) is 7.91. The molecule has 3 aliphatic rings. The summed E-state index contributed by atoms with van der Waals surface area (Å²) in [7, 11) is 1.78. The molecule has 5 rings (SSSR count). The first-order valence-corrected chi connectivity index (χ1v) is 12.0. The van der Waals surface area contributed by atoms with E-state index in [0.29, 0.717) is 6.04 Å². The Kier molecular flexibility index (Phi) is 5.40. The number of aromatic amines is 1. The number of fused-ring (bicyclic) bond motifs is 4. The molecule has 1 aliphatic heterocycles. The Balaban J connectivity index is 1.54. The third-order valence-corrected chi connectivity index (χ3v) is 7.54. The van der Waals surface area contributed by atoms with Crippen LogP contribution in [0.2, 0.25) is 0 Å². The lowest BCUT2D eigenvalue weighted by atomic mass is 9.71. The summed E-state index contributed by atoms with van der Waals surface area (Å²) in [6, 6.07) is 7.10. The van der Waals surface area contributed by atoms with Crippen molar-refractivity contribution < 1.29 is 4.79 Å². The van der Waals surface area contributed by atoms with E-state index in [1.165, 1.54) is 0 Å². The quantitative estimate of drug-likeness (QED) is 0.706. The van der Waals surface area contributed by atoms with Crippen molar-refractivity contribution in [3.05, 3.63) is 69.6 Å². The first kappa shape index (κ1) is 21.9. The van der Waals surface area contributed by atoms with Gasteiger partial charge in [0.15, 0.2) is 5.78 Å². The van der Waals surface area contributed by atoms with Crippen LogP contribution in [0, 0.1) is 0 Å². The number of hydrogen-bond donors (Lipinski definition) is 1. The predicted molar refractivity (Wildman–Crippen MR) is 137 cm³/mol. The maximum Gasteiger partial charge on any atom is 0.195 e. The van der Waals surface area contributed by atoms with Gasteiger partial charge in [-0.25, -0.2) is 0 Å². The molecule has 1 N–H and O–H groups in total. The maximum absolute atomic E-state index is 13.9. The van der Waals surface area contributed by atoms with Crippen LogP contribution in [-0.4, -0.2) is 61.2 Å². The molecular formula is C28H34N4O. The SMILES string of the molecule is CN=CC1=Cc2[nH]c3c(c2CC=C1)C(=O)c1cc(N2CCN(C(C)C)CC2)ccc1C3(C)C. The summed E-state index contributed by atoms with van der Waals surface area (Å²) in [6.07, 6.45) is 8.92. The molecule has 0 saturated carbocycles. The lowest BCUT2D eigenvalue weighted by molar-refractivity contribution is 0.103. The zero-order chi connectivity index (χ0) is 23.3. The Bertz CT molecular complexity index is 1190. The first-order chi connectivity index (χ1) is 15.8. The van der Waals surface area contributed by atoms with Crippen molar-refractivity contribution in [2.45, 2.75) is 45.6 Å². The van der Waals surface area contributed by atoms with Crippen LogP contribution in [0.4, 0.5) is 5.69 Å². The highest BCUT2D eigenvalue weighted by Gasteiger charge is 2.41. The topological polar surface area (TPSA) is 51.7 Å². The second kappa shape index (κ2) is 8.14. The van der Waals surface area contributed by atoms with Gasteiger partial charge < -0.3 is 9.88 Å². The minimum absolute atomic E-state index is 0.147. The van der Waals surface area contributed by atoms with Gasteiger partial charge in [0.2, 0.25) is 0 Å². The first-order valence-electron chi connectivity index (χ1n) is 12.0. The van der Waals surface area contributed by atoms with Gasteiger partial charge in [-0.05, 0) is 55.2 Å². The number of piperazine rings is 1. The van der Waals surface area contributed by atoms with E-state index in [1.807, 2.05) is 6.21 Å². The van der Waals surface area contributed by atoms with Crippen molar-refractivity contribution in [2.75, 3.05) is 38.1 Å². The van der Waals surface area contributed by atoms with Gasteiger partial charge in [-0.15, -0.1) is 0 Å². The number of anilines is 1. The number of carbonyl (C=O) groups is 1. The van der Waals surface area contributed by atoms with Crippen molar-refractivity contribution in [1.29, 1.82) is 0 Å². The third kappa shape index (κ3) is 3.59. The van der Waals surface area contributed by atoms with Crippen LogP contribution < -0.4 is 4.90 Å².